The molecule has 3 aromatic rings. The fourth-order valence-corrected chi connectivity index (χ4v) is 3.30. The minimum Gasteiger partial charge on any atom is -0.328 e. The first kappa shape index (κ1) is 18.7. The largest absolute Gasteiger partial charge is 0.416 e. The number of alkyl halides is 3. The number of hydrogen-bond donors (Lipinski definition) is 2. The summed E-state index contributed by atoms with van der Waals surface area (Å²) < 4.78 is 40.5. The minimum atomic E-state index is -4.50. The predicted molar refractivity (Wildman–Crippen MR) is 101 cm³/mol. The van der Waals surface area contributed by atoms with Crippen LogP contribution in [-0.4, -0.2) is 20.7 Å². The monoisotopic (exact) mass is 399 g/mol. The van der Waals surface area contributed by atoms with Gasteiger partial charge in [-0.05, 0) is 30.7 Å². The highest BCUT2D eigenvalue weighted by Crippen LogP contribution is 2.35. The molecule has 0 saturated carbocycles. The summed E-state index contributed by atoms with van der Waals surface area (Å²) in [5, 5.41) is 9.81. The van der Waals surface area contributed by atoms with E-state index >= 15 is 0 Å². The van der Waals surface area contributed by atoms with Crippen molar-refractivity contribution < 1.29 is 18.0 Å². The van der Waals surface area contributed by atoms with Crippen molar-refractivity contribution >= 4 is 17.5 Å². The molecule has 6 nitrogen and oxygen atoms in total. The van der Waals surface area contributed by atoms with Gasteiger partial charge in [0.25, 0.3) is 5.91 Å². The molecule has 0 saturated heterocycles. The summed E-state index contributed by atoms with van der Waals surface area (Å²) in [6, 6.07) is 13.2. The third kappa shape index (κ3) is 3.58. The van der Waals surface area contributed by atoms with E-state index in [1.807, 2.05) is 30.3 Å². The molecule has 9 heteroatoms. The van der Waals surface area contributed by atoms with E-state index in [1.54, 1.807) is 11.6 Å². The van der Waals surface area contributed by atoms with Gasteiger partial charge in [-0.15, -0.1) is 0 Å². The van der Waals surface area contributed by atoms with Crippen molar-refractivity contribution in [2.75, 3.05) is 10.6 Å². The number of allylic oxidation sites excluding steroid dienone is 1. The summed E-state index contributed by atoms with van der Waals surface area (Å²) >= 11 is 0. The van der Waals surface area contributed by atoms with E-state index in [4.69, 9.17) is 0 Å². The fraction of sp³-hybridized carbons (Fsp3) is 0.150. The quantitative estimate of drug-likeness (QED) is 0.692. The third-order valence-electron chi connectivity index (χ3n) is 4.60. The van der Waals surface area contributed by atoms with Crippen molar-refractivity contribution in [3.8, 4) is 0 Å². The number of nitrogens with zero attached hydrogens (tertiary/aromatic N) is 3. The summed E-state index contributed by atoms with van der Waals surface area (Å²) in [5.74, 6) is -0.0451. The van der Waals surface area contributed by atoms with E-state index in [-0.39, 0.29) is 5.69 Å². The van der Waals surface area contributed by atoms with Crippen molar-refractivity contribution in [3.63, 3.8) is 0 Å². The van der Waals surface area contributed by atoms with E-state index < -0.39 is 23.7 Å². The molecule has 2 aromatic carbocycles. The molecule has 148 valence electrons. The number of rotatable bonds is 3. The zero-order valence-electron chi connectivity index (χ0n) is 15.2. The number of fused-ring (bicyclic) bond motifs is 1. The third-order valence-corrected chi connectivity index (χ3v) is 4.60. The van der Waals surface area contributed by atoms with Gasteiger partial charge < -0.3 is 10.6 Å². The molecular formula is C20H16F3N5O. The minimum absolute atomic E-state index is 0.0568. The van der Waals surface area contributed by atoms with Crippen molar-refractivity contribution in [2.45, 2.75) is 19.1 Å². The van der Waals surface area contributed by atoms with E-state index in [2.05, 4.69) is 20.7 Å². The SMILES string of the molecule is CC1=C(C(=O)Nc2cccc(C(F)(F)F)c2)[C@@H](c2ccccc2)n2ncnc2N1. The Hall–Kier alpha value is -3.62. The van der Waals surface area contributed by atoms with Gasteiger partial charge in [0.05, 0.1) is 11.1 Å². The molecule has 1 aliphatic heterocycles. The van der Waals surface area contributed by atoms with Crippen LogP contribution < -0.4 is 10.6 Å². The van der Waals surface area contributed by atoms with Gasteiger partial charge in [-0.2, -0.15) is 23.3 Å². The standard InChI is InChI=1S/C20H16F3N5O/c1-12-16(18(29)27-15-9-5-8-14(10-15)20(21,22)23)17(13-6-3-2-4-7-13)28-19(26-12)24-11-25-28/h2-11,17H,1H3,(H,27,29)(H,24,25,26)/t17-/m1/s1. The molecule has 0 radical (unpaired) electrons. The number of anilines is 2. The lowest BCUT2D eigenvalue weighted by Crippen LogP contribution is -2.31. The zero-order valence-corrected chi connectivity index (χ0v) is 15.2. The van der Waals surface area contributed by atoms with Crippen LogP contribution in [0.15, 0.2) is 72.2 Å². The summed E-state index contributed by atoms with van der Waals surface area (Å²) in [6.07, 6.45) is -3.12. The lowest BCUT2D eigenvalue weighted by molar-refractivity contribution is -0.137. The normalized spacial score (nSPS) is 16.2. The number of nitrogens with one attached hydrogen (secondary N) is 2. The first-order valence-electron chi connectivity index (χ1n) is 8.75. The number of amides is 1. The maximum atomic E-state index is 13.1. The number of carbonyl (C=O) groups is 1. The second-order valence-electron chi connectivity index (χ2n) is 6.54. The highest BCUT2D eigenvalue weighted by Gasteiger charge is 2.34. The van der Waals surface area contributed by atoms with E-state index in [0.29, 0.717) is 17.2 Å². The fourth-order valence-electron chi connectivity index (χ4n) is 3.30. The molecule has 1 aliphatic rings. The van der Waals surface area contributed by atoms with Crippen LogP contribution in [0.1, 0.15) is 24.1 Å². The number of aromatic nitrogens is 3. The topological polar surface area (TPSA) is 71.8 Å². The Labute approximate surface area is 164 Å². The Balaban J connectivity index is 1.71. The van der Waals surface area contributed by atoms with Crippen molar-refractivity contribution in [1.82, 2.24) is 14.8 Å². The average Bonchev–Trinajstić information content (AvgIpc) is 3.15. The Morgan fingerprint density at radius 1 is 1.14 bits per heavy atom. The Morgan fingerprint density at radius 3 is 2.62 bits per heavy atom. The van der Waals surface area contributed by atoms with Gasteiger partial charge in [0, 0.05) is 11.4 Å². The molecule has 1 amide bonds. The van der Waals surface area contributed by atoms with Gasteiger partial charge in [0.2, 0.25) is 5.95 Å². The molecule has 29 heavy (non-hydrogen) atoms. The number of benzene rings is 2. The Bertz CT molecular complexity index is 1090. The summed E-state index contributed by atoms with van der Waals surface area (Å²) in [4.78, 5) is 17.3. The maximum Gasteiger partial charge on any atom is 0.416 e. The molecule has 0 aliphatic carbocycles. The van der Waals surface area contributed by atoms with Crippen LogP contribution in [0.5, 0.6) is 0 Å². The van der Waals surface area contributed by atoms with Crippen LogP contribution >= 0.6 is 0 Å². The summed E-state index contributed by atoms with van der Waals surface area (Å²) in [5.41, 5.74) is 0.909. The number of halogens is 3. The van der Waals surface area contributed by atoms with Crippen molar-refractivity contribution in [1.29, 1.82) is 0 Å². The van der Waals surface area contributed by atoms with Crippen LogP contribution in [0.25, 0.3) is 0 Å². The highest BCUT2D eigenvalue weighted by molar-refractivity contribution is 6.06. The van der Waals surface area contributed by atoms with Gasteiger partial charge in [0.1, 0.15) is 12.4 Å². The van der Waals surface area contributed by atoms with Gasteiger partial charge >= 0.3 is 6.18 Å². The smallest absolute Gasteiger partial charge is 0.328 e. The van der Waals surface area contributed by atoms with E-state index in [1.165, 1.54) is 18.5 Å². The molecule has 1 atom stereocenters. The van der Waals surface area contributed by atoms with Gasteiger partial charge in [-0.1, -0.05) is 36.4 Å². The first-order valence-corrected chi connectivity index (χ1v) is 8.75. The average molecular weight is 399 g/mol. The molecule has 0 bridgehead atoms. The lowest BCUT2D eigenvalue weighted by atomic mass is 9.95. The molecule has 2 heterocycles. The molecule has 0 unspecified atom stereocenters. The van der Waals surface area contributed by atoms with Crippen LogP contribution in [0.4, 0.5) is 24.8 Å². The Kier molecular flexibility index (Phi) is 4.57. The van der Waals surface area contributed by atoms with Crippen LogP contribution in [-0.2, 0) is 11.0 Å². The molecule has 0 fully saturated rings. The van der Waals surface area contributed by atoms with Gasteiger partial charge in [0.15, 0.2) is 0 Å². The van der Waals surface area contributed by atoms with E-state index in [0.717, 1.165) is 17.7 Å². The predicted octanol–water partition coefficient (Wildman–Crippen LogP) is 4.22. The molecule has 2 N–H and O–H groups in total. The van der Waals surface area contributed by atoms with Gasteiger partial charge in [-0.25, -0.2) is 4.68 Å². The number of hydrogen-bond acceptors (Lipinski definition) is 4. The van der Waals surface area contributed by atoms with Crippen LogP contribution in [0, 0.1) is 0 Å². The summed E-state index contributed by atoms with van der Waals surface area (Å²) in [6.45, 7) is 1.72. The molecule has 4 rings (SSSR count). The second-order valence-corrected chi connectivity index (χ2v) is 6.54. The maximum absolute atomic E-state index is 13.1. The number of carbonyl (C=O) groups excluding carboxylic acids is 1. The molecule has 1 aromatic heterocycles. The van der Waals surface area contributed by atoms with Crippen LogP contribution in [0.2, 0.25) is 0 Å². The lowest BCUT2D eigenvalue weighted by Gasteiger charge is -2.28. The highest BCUT2D eigenvalue weighted by atomic mass is 19.4. The van der Waals surface area contributed by atoms with Gasteiger partial charge in [-0.3, -0.25) is 4.79 Å². The van der Waals surface area contributed by atoms with Crippen molar-refractivity contribution in [2.24, 2.45) is 0 Å². The van der Waals surface area contributed by atoms with Crippen molar-refractivity contribution in [3.05, 3.63) is 83.3 Å². The van der Waals surface area contributed by atoms with E-state index in [9.17, 15) is 18.0 Å². The molecule has 0 spiro atoms. The zero-order chi connectivity index (χ0) is 20.6. The van der Waals surface area contributed by atoms with Crippen LogP contribution in [0.3, 0.4) is 0 Å². The molecular weight excluding hydrogens is 383 g/mol. The summed E-state index contributed by atoms with van der Waals surface area (Å²) in [7, 11) is 0. The first-order chi connectivity index (χ1) is 13.8. The Morgan fingerprint density at radius 2 is 1.90 bits per heavy atom. The second kappa shape index (κ2) is 7.08.